The van der Waals surface area contributed by atoms with Crippen molar-refractivity contribution in [2.75, 3.05) is 17.7 Å². The Morgan fingerprint density at radius 3 is 2.72 bits per heavy atom. The Morgan fingerprint density at radius 1 is 1.50 bits per heavy atom. The molecule has 1 aromatic heterocycles. The van der Waals surface area contributed by atoms with Crippen molar-refractivity contribution in [1.29, 1.82) is 0 Å². The second-order valence-electron chi connectivity index (χ2n) is 4.55. The lowest BCUT2D eigenvalue weighted by Crippen LogP contribution is -2.45. The summed E-state index contributed by atoms with van der Waals surface area (Å²) in [6.07, 6.45) is 0.867. The summed E-state index contributed by atoms with van der Waals surface area (Å²) in [7, 11) is 0. The number of nitrogens with one attached hydrogen (secondary N) is 1. The Bertz CT molecular complexity index is 432. The first-order valence-electron chi connectivity index (χ1n) is 5.84. The lowest BCUT2D eigenvalue weighted by molar-refractivity contribution is -0.121. The highest BCUT2D eigenvalue weighted by molar-refractivity contribution is 5.86. The molecule has 0 aliphatic heterocycles. The van der Waals surface area contributed by atoms with E-state index in [-0.39, 0.29) is 0 Å². The van der Waals surface area contributed by atoms with Crippen LogP contribution in [0.1, 0.15) is 27.2 Å². The SMILES string of the molecule is CCCOc1nc(NC(C)(C)C(N)=O)ccc1N. The average molecular weight is 252 g/mol. The maximum absolute atomic E-state index is 11.2. The van der Waals surface area contributed by atoms with Crippen LogP contribution in [0.25, 0.3) is 0 Å². The molecule has 0 bridgehead atoms. The van der Waals surface area contributed by atoms with Crippen LogP contribution in [0.2, 0.25) is 0 Å². The summed E-state index contributed by atoms with van der Waals surface area (Å²) in [5, 5.41) is 2.94. The highest BCUT2D eigenvalue weighted by Gasteiger charge is 2.25. The third-order valence-electron chi connectivity index (χ3n) is 2.39. The van der Waals surface area contributed by atoms with E-state index < -0.39 is 11.4 Å². The molecule has 0 aliphatic carbocycles. The Morgan fingerprint density at radius 2 is 2.17 bits per heavy atom. The number of nitrogens with two attached hydrogens (primary N) is 2. The first kappa shape index (κ1) is 14.1. The fraction of sp³-hybridized carbons (Fsp3) is 0.500. The number of rotatable bonds is 6. The molecule has 0 aromatic carbocycles. The number of carbonyl (C=O) groups excluding carboxylic acids is 1. The third kappa shape index (κ3) is 3.51. The number of ether oxygens (including phenoxy) is 1. The van der Waals surface area contributed by atoms with Crippen LogP contribution in [0.5, 0.6) is 5.88 Å². The van der Waals surface area contributed by atoms with Gasteiger partial charge in [0.15, 0.2) is 0 Å². The summed E-state index contributed by atoms with van der Waals surface area (Å²) in [6, 6.07) is 3.36. The highest BCUT2D eigenvalue weighted by atomic mass is 16.5. The van der Waals surface area contributed by atoms with Crippen molar-refractivity contribution in [3.05, 3.63) is 12.1 Å². The van der Waals surface area contributed by atoms with Gasteiger partial charge in [-0.3, -0.25) is 4.79 Å². The van der Waals surface area contributed by atoms with Gasteiger partial charge in [0, 0.05) is 0 Å². The summed E-state index contributed by atoms with van der Waals surface area (Å²) in [6.45, 7) is 5.90. The molecule has 1 heterocycles. The lowest BCUT2D eigenvalue weighted by atomic mass is 10.1. The molecule has 0 spiro atoms. The molecule has 18 heavy (non-hydrogen) atoms. The molecule has 100 valence electrons. The molecule has 5 N–H and O–H groups in total. The number of nitrogen functional groups attached to an aromatic ring is 1. The topological polar surface area (TPSA) is 103 Å². The van der Waals surface area contributed by atoms with E-state index in [1.807, 2.05) is 6.92 Å². The summed E-state index contributed by atoms with van der Waals surface area (Å²) < 4.78 is 5.41. The zero-order valence-corrected chi connectivity index (χ0v) is 11.0. The van der Waals surface area contributed by atoms with Crippen LogP contribution in [-0.4, -0.2) is 23.0 Å². The number of anilines is 2. The van der Waals surface area contributed by atoms with E-state index in [2.05, 4.69) is 10.3 Å². The molecule has 0 aliphatic rings. The molecule has 1 amide bonds. The smallest absolute Gasteiger partial charge is 0.242 e. The Hall–Kier alpha value is -1.98. The molecular formula is C12H20N4O2. The van der Waals surface area contributed by atoms with Gasteiger partial charge in [0.25, 0.3) is 0 Å². The Balaban J connectivity index is 2.88. The van der Waals surface area contributed by atoms with Gasteiger partial charge in [-0.15, -0.1) is 0 Å². The second kappa shape index (κ2) is 5.57. The van der Waals surface area contributed by atoms with Gasteiger partial charge in [0.2, 0.25) is 11.8 Å². The van der Waals surface area contributed by atoms with Crippen LogP contribution in [0, 0.1) is 0 Å². The van der Waals surface area contributed by atoms with Crippen LogP contribution in [-0.2, 0) is 4.79 Å². The van der Waals surface area contributed by atoms with Gasteiger partial charge < -0.3 is 21.5 Å². The molecule has 0 atom stereocenters. The Kier molecular flexibility index (Phi) is 4.36. The minimum Gasteiger partial charge on any atom is -0.476 e. The molecule has 6 nitrogen and oxygen atoms in total. The van der Waals surface area contributed by atoms with E-state index in [1.165, 1.54) is 0 Å². The number of amides is 1. The normalized spacial score (nSPS) is 11.1. The van der Waals surface area contributed by atoms with Crippen molar-refractivity contribution >= 4 is 17.4 Å². The van der Waals surface area contributed by atoms with Crippen molar-refractivity contribution in [3.63, 3.8) is 0 Å². The largest absolute Gasteiger partial charge is 0.476 e. The molecule has 0 radical (unpaired) electrons. The standard InChI is InChI=1S/C12H20N4O2/c1-4-7-18-10-8(13)5-6-9(15-10)16-12(2,3)11(14)17/h5-6H,4,7,13H2,1-3H3,(H2,14,17)(H,15,16). The fourth-order valence-corrected chi connectivity index (χ4v) is 1.22. The number of aromatic nitrogens is 1. The van der Waals surface area contributed by atoms with E-state index >= 15 is 0 Å². The monoisotopic (exact) mass is 252 g/mol. The number of pyridine rings is 1. The van der Waals surface area contributed by atoms with Crippen molar-refractivity contribution < 1.29 is 9.53 Å². The number of nitrogens with zero attached hydrogens (tertiary/aromatic N) is 1. The van der Waals surface area contributed by atoms with E-state index in [1.54, 1.807) is 26.0 Å². The van der Waals surface area contributed by atoms with E-state index in [4.69, 9.17) is 16.2 Å². The van der Waals surface area contributed by atoms with Crippen LogP contribution in [0.15, 0.2) is 12.1 Å². The summed E-state index contributed by atoms with van der Waals surface area (Å²) >= 11 is 0. The van der Waals surface area contributed by atoms with Crippen LogP contribution in [0.4, 0.5) is 11.5 Å². The summed E-state index contributed by atoms with van der Waals surface area (Å²) in [5.74, 6) is 0.401. The van der Waals surface area contributed by atoms with Crippen LogP contribution < -0.4 is 21.5 Å². The zero-order chi connectivity index (χ0) is 13.8. The van der Waals surface area contributed by atoms with Gasteiger partial charge in [-0.1, -0.05) is 6.92 Å². The van der Waals surface area contributed by atoms with Crippen molar-refractivity contribution in [2.24, 2.45) is 5.73 Å². The lowest BCUT2D eigenvalue weighted by Gasteiger charge is -2.23. The highest BCUT2D eigenvalue weighted by Crippen LogP contribution is 2.22. The van der Waals surface area contributed by atoms with Gasteiger partial charge in [-0.05, 0) is 32.4 Å². The predicted octanol–water partition coefficient (Wildman–Crippen LogP) is 1.13. The Labute approximate surface area is 107 Å². The van der Waals surface area contributed by atoms with Crippen LogP contribution in [0.3, 0.4) is 0 Å². The summed E-state index contributed by atoms with van der Waals surface area (Å²) in [4.78, 5) is 15.4. The minimum absolute atomic E-state index is 0.363. The molecule has 0 unspecified atom stereocenters. The van der Waals surface area contributed by atoms with Gasteiger partial charge in [0.1, 0.15) is 11.4 Å². The van der Waals surface area contributed by atoms with Crippen molar-refractivity contribution in [2.45, 2.75) is 32.7 Å². The predicted molar refractivity (Wildman–Crippen MR) is 71.3 cm³/mol. The molecule has 1 aromatic rings. The number of hydrogen-bond acceptors (Lipinski definition) is 5. The average Bonchev–Trinajstić information content (AvgIpc) is 2.29. The third-order valence-corrected chi connectivity index (χ3v) is 2.39. The van der Waals surface area contributed by atoms with E-state index in [0.29, 0.717) is 24.0 Å². The van der Waals surface area contributed by atoms with Gasteiger partial charge in [-0.2, -0.15) is 4.98 Å². The first-order chi connectivity index (χ1) is 8.36. The number of primary amides is 1. The van der Waals surface area contributed by atoms with Crippen molar-refractivity contribution in [3.8, 4) is 5.88 Å². The minimum atomic E-state index is -0.884. The van der Waals surface area contributed by atoms with Crippen LogP contribution >= 0.6 is 0 Å². The molecule has 0 saturated carbocycles. The quantitative estimate of drug-likeness (QED) is 0.704. The maximum atomic E-state index is 11.2. The second-order valence-corrected chi connectivity index (χ2v) is 4.55. The number of hydrogen-bond donors (Lipinski definition) is 3. The molecule has 0 saturated heterocycles. The maximum Gasteiger partial charge on any atom is 0.242 e. The summed E-state index contributed by atoms with van der Waals surface area (Å²) in [5.41, 5.74) is 10.6. The molecule has 6 heteroatoms. The zero-order valence-electron chi connectivity index (χ0n) is 11.0. The van der Waals surface area contributed by atoms with Gasteiger partial charge in [0.05, 0.1) is 12.3 Å². The fourth-order valence-electron chi connectivity index (χ4n) is 1.22. The van der Waals surface area contributed by atoms with Crippen molar-refractivity contribution in [1.82, 2.24) is 4.98 Å². The first-order valence-corrected chi connectivity index (χ1v) is 5.84. The number of carbonyl (C=O) groups is 1. The molecule has 1 rings (SSSR count). The van der Waals surface area contributed by atoms with Gasteiger partial charge in [-0.25, -0.2) is 0 Å². The molecule has 0 fully saturated rings. The van der Waals surface area contributed by atoms with E-state index in [9.17, 15) is 4.79 Å². The molecular weight excluding hydrogens is 232 g/mol. The van der Waals surface area contributed by atoms with Gasteiger partial charge >= 0.3 is 0 Å². The van der Waals surface area contributed by atoms with E-state index in [0.717, 1.165) is 6.42 Å².